The Balaban J connectivity index is 1.50. The topological polar surface area (TPSA) is 86.5 Å². The molecule has 2 N–H and O–H groups in total. The number of rotatable bonds is 5. The van der Waals surface area contributed by atoms with Crippen LogP contribution in [0.1, 0.15) is 11.3 Å². The van der Waals surface area contributed by atoms with E-state index in [2.05, 4.69) is 31.7 Å². The van der Waals surface area contributed by atoms with Crippen molar-refractivity contribution in [2.24, 2.45) is 0 Å². The van der Waals surface area contributed by atoms with Gasteiger partial charge in [0.2, 0.25) is 5.95 Å². The first-order valence-electron chi connectivity index (χ1n) is 8.48. The lowest BCUT2D eigenvalue weighted by Gasteiger charge is -2.07. The highest BCUT2D eigenvalue weighted by atomic mass is 32.2. The maximum Gasteiger partial charge on any atom is 0.223 e. The molecule has 0 aliphatic carbocycles. The van der Waals surface area contributed by atoms with Gasteiger partial charge in [-0.25, -0.2) is 9.97 Å². The monoisotopic (exact) mass is 372 g/mol. The first-order chi connectivity index (χ1) is 13.3. The van der Waals surface area contributed by atoms with Crippen molar-refractivity contribution < 1.29 is 0 Å². The zero-order chi connectivity index (χ0) is 18.5. The van der Waals surface area contributed by atoms with Crippen molar-refractivity contribution >= 4 is 29.0 Å². The normalized spacial score (nSPS) is 14.0. The Bertz CT molecular complexity index is 999. The van der Waals surface area contributed by atoms with Crippen molar-refractivity contribution in [3.8, 4) is 6.07 Å². The van der Waals surface area contributed by atoms with E-state index in [1.165, 1.54) is 0 Å². The second-order valence-electron chi connectivity index (χ2n) is 5.84. The minimum absolute atomic E-state index is 0.505. The predicted octanol–water partition coefficient (Wildman–Crippen LogP) is 3.94. The van der Waals surface area contributed by atoms with Gasteiger partial charge in [-0.1, -0.05) is 30.0 Å². The highest BCUT2D eigenvalue weighted by molar-refractivity contribution is 8.04. The molecule has 2 aromatic heterocycles. The number of pyridine rings is 1. The minimum Gasteiger partial charge on any atom is -0.354 e. The zero-order valence-corrected chi connectivity index (χ0v) is 15.2. The summed E-state index contributed by atoms with van der Waals surface area (Å²) in [4.78, 5) is 14.0. The number of nitrogens with zero attached hydrogens (tertiary/aromatic N) is 4. The summed E-state index contributed by atoms with van der Waals surface area (Å²) >= 11 is 1.54. The number of nitriles is 1. The van der Waals surface area contributed by atoms with Crippen LogP contribution < -0.4 is 10.6 Å². The van der Waals surface area contributed by atoms with Crippen molar-refractivity contribution in [2.75, 3.05) is 17.2 Å². The molecule has 0 fully saturated rings. The van der Waals surface area contributed by atoms with E-state index >= 15 is 0 Å². The third-order valence-electron chi connectivity index (χ3n) is 4.02. The highest BCUT2D eigenvalue weighted by Crippen LogP contribution is 2.43. The Morgan fingerprint density at radius 2 is 2.07 bits per heavy atom. The largest absolute Gasteiger partial charge is 0.354 e. The van der Waals surface area contributed by atoms with Crippen LogP contribution in [0.25, 0.3) is 5.57 Å². The van der Waals surface area contributed by atoms with E-state index in [0.29, 0.717) is 23.8 Å². The van der Waals surface area contributed by atoms with Gasteiger partial charge in [0.15, 0.2) is 0 Å². The van der Waals surface area contributed by atoms with Gasteiger partial charge in [-0.2, -0.15) is 5.26 Å². The standard InChI is InChI=1S/C20H16N6S/c21-12-15(19-25-17-5-1-2-6-18(17)27-19)16-8-11-24-20(26-16)23-10-7-14-4-3-9-22-13-14/h1-6,8-9,11,13,25H,7,10H2,(H,23,24,26)/b19-15+. The molecule has 0 bridgehead atoms. The molecule has 0 unspecified atom stereocenters. The van der Waals surface area contributed by atoms with Crippen molar-refractivity contribution in [3.63, 3.8) is 0 Å². The van der Waals surface area contributed by atoms with E-state index in [1.807, 2.05) is 42.6 Å². The lowest BCUT2D eigenvalue weighted by atomic mass is 10.2. The summed E-state index contributed by atoms with van der Waals surface area (Å²) in [6.07, 6.45) is 6.09. The van der Waals surface area contributed by atoms with Gasteiger partial charge in [0.25, 0.3) is 0 Å². The van der Waals surface area contributed by atoms with Crippen LogP contribution in [-0.4, -0.2) is 21.5 Å². The molecule has 3 aromatic rings. The van der Waals surface area contributed by atoms with Crippen LogP contribution >= 0.6 is 11.8 Å². The summed E-state index contributed by atoms with van der Waals surface area (Å²) < 4.78 is 0. The fraction of sp³-hybridized carbons (Fsp3) is 0.100. The van der Waals surface area contributed by atoms with Crippen LogP contribution in [0.15, 0.2) is 71.0 Å². The van der Waals surface area contributed by atoms with Gasteiger partial charge in [0.05, 0.1) is 16.4 Å². The first kappa shape index (κ1) is 17.1. The molecule has 0 amide bonds. The van der Waals surface area contributed by atoms with E-state index in [4.69, 9.17) is 0 Å². The Morgan fingerprint density at radius 1 is 1.15 bits per heavy atom. The maximum absolute atomic E-state index is 9.69. The van der Waals surface area contributed by atoms with Crippen LogP contribution in [0.3, 0.4) is 0 Å². The van der Waals surface area contributed by atoms with Crippen LogP contribution in [0.2, 0.25) is 0 Å². The Morgan fingerprint density at radius 3 is 2.89 bits per heavy atom. The third kappa shape index (κ3) is 3.91. The summed E-state index contributed by atoms with van der Waals surface area (Å²) in [6, 6.07) is 16.0. The zero-order valence-electron chi connectivity index (χ0n) is 14.4. The van der Waals surface area contributed by atoms with Crippen molar-refractivity contribution in [2.45, 2.75) is 11.3 Å². The van der Waals surface area contributed by atoms with Crippen molar-refractivity contribution in [1.29, 1.82) is 5.26 Å². The fourth-order valence-corrected chi connectivity index (χ4v) is 3.71. The predicted molar refractivity (Wildman–Crippen MR) is 107 cm³/mol. The van der Waals surface area contributed by atoms with Crippen LogP contribution in [0.4, 0.5) is 11.6 Å². The quantitative estimate of drug-likeness (QED) is 0.656. The SMILES string of the molecule is N#C/C(=C1/Nc2ccccc2S1)c1ccnc(NCCc2cccnc2)n1. The molecule has 1 aromatic carbocycles. The molecule has 0 saturated heterocycles. The number of anilines is 2. The fourth-order valence-electron chi connectivity index (χ4n) is 2.70. The van der Waals surface area contributed by atoms with E-state index in [1.54, 1.807) is 30.2 Å². The van der Waals surface area contributed by atoms with Gasteiger partial charge in [0, 0.05) is 30.0 Å². The summed E-state index contributed by atoms with van der Waals surface area (Å²) in [5.74, 6) is 0.505. The molecule has 0 spiro atoms. The number of para-hydroxylation sites is 1. The molecule has 0 radical (unpaired) electrons. The average Bonchev–Trinajstić information content (AvgIpc) is 3.13. The number of fused-ring (bicyclic) bond motifs is 1. The number of hydrogen-bond donors (Lipinski definition) is 2. The molecule has 132 valence electrons. The number of benzene rings is 1. The number of aromatic nitrogens is 3. The molecule has 7 heteroatoms. The molecule has 0 saturated carbocycles. The molecule has 6 nitrogen and oxygen atoms in total. The Hall–Kier alpha value is -3.37. The number of thioether (sulfide) groups is 1. The lowest BCUT2D eigenvalue weighted by molar-refractivity contribution is 0.972. The van der Waals surface area contributed by atoms with E-state index in [-0.39, 0.29) is 0 Å². The molecule has 4 rings (SSSR count). The van der Waals surface area contributed by atoms with Gasteiger partial charge < -0.3 is 10.6 Å². The summed E-state index contributed by atoms with van der Waals surface area (Å²) in [5, 5.41) is 17.0. The summed E-state index contributed by atoms with van der Waals surface area (Å²) in [7, 11) is 0. The first-order valence-corrected chi connectivity index (χ1v) is 9.29. The number of nitrogens with one attached hydrogen (secondary N) is 2. The van der Waals surface area contributed by atoms with Crippen LogP contribution in [0, 0.1) is 11.3 Å². The van der Waals surface area contributed by atoms with Crippen molar-refractivity contribution in [1.82, 2.24) is 15.0 Å². The Kier molecular flexibility index (Phi) is 4.99. The van der Waals surface area contributed by atoms with E-state index in [9.17, 15) is 5.26 Å². The molecule has 1 aliphatic rings. The lowest BCUT2D eigenvalue weighted by Crippen LogP contribution is -2.09. The van der Waals surface area contributed by atoms with Gasteiger partial charge in [-0.15, -0.1) is 0 Å². The number of hydrogen-bond acceptors (Lipinski definition) is 7. The van der Waals surface area contributed by atoms with Gasteiger partial charge in [-0.05, 0) is 36.2 Å². The van der Waals surface area contributed by atoms with E-state index in [0.717, 1.165) is 27.6 Å². The second kappa shape index (κ2) is 7.89. The maximum atomic E-state index is 9.69. The number of allylic oxidation sites excluding steroid dienone is 1. The van der Waals surface area contributed by atoms with Crippen LogP contribution in [0.5, 0.6) is 0 Å². The molecular weight excluding hydrogens is 356 g/mol. The smallest absolute Gasteiger partial charge is 0.223 e. The molecule has 0 atom stereocenters. The molecular formula is C20H16N6S. The van der Waals surface area contributed by atoms with Crippen LogP contribution in [-0.2, 0) is 6.42 Å². The van der Waals surface area contributed by atoms with E-state index < -0.39 is 0 Å². The van der Waals surface area contributed by atoms with Gasteiger partial charge >= 0.3 is 0 Å². The summed E-state index contributed by atoms with van der Waals surface area (Å²) in [5.41, 5.74) is 3.26. The van der Waals surface area contributed by atoms with Crippen molar-refractivity contribution in [3.05, 3.63) is 77.3 Å². The average molecular weight is 372 g/mol. The summed E-state index contributed by atoms with van der Waals surface area (Å²) in [6.45, 7) is 0.687. The van der Waals surface area contributed by atoms with Gasteiger partial charge in [0.1, 0.15) is 11.6 Å². The second-order valence-corrected chi connectivity index (χ2v) is 6.89. The molecule has 1 aliphatic heterocycles. The van der Waals surface area contributed by atoms with Gasteiger partial charge in [-0.3, -0.25) is 4.98 Å². The minimum atomic E-state index is 0.505. The Labute approximate surface area is 161 Å². The molecule has 3 heterocycles. The third-order valence-corrected chi connectivity index (χ3v) is 5.10. The highest BCUT2D eigenvalue weighted by Gasteiger charge is 2.20. The molecule has 27 heavy (non-hydrogen) atoms.